The predicted octanol–water partition coefficient (Wildman–Crippen LogP) is 1.63. The van der Waals surface area contributed by atoms with E-state index in [1.165, 1.54) is 12.8 Å². The number of amides is 1. The third-order valence-corrected chi connectivity index (χ3v) is 5.58. The van der Waals surface area contributed by atoms with Gasteiger partial charge in [0.05, 0.1) is 12.0 Å². The van der Waals surface area contributed by atoms with Crippen LogP contribution in [0.2, 0.25) is 0 Å². The fourth-order valence-corrected chi connectivity index (χ4v) is 4.09. The van der Waals surface area contributed by atoms with Crippen LogP contribution in [0.5, 0.6) is 0 Å². The largest absolute Gasteiger partial charge is 0.377 e. The summed E-state index contributed by atoms with van der Waals surface area (Å²) in [5.74, 6) is 1.10. The van der Waals surface area contributed by atoms with Gasteiger partial charge in [0.15, 0.2) is 0 Å². The highest BCUT2D eigenvalue weighted by molar-refractivity contribution is 5.79. The predicted molar refractivity (Wildman–Crippen MR) is 91.5 cm³/mol. The molecule has 0 unspecified atom stereocenters. The summed E-state index contributed by atoms with van der Waals surface area (Å²) in [7, 11) is 0. The van der Waals surface area contributed by atoms with Crippen molar-refractivity contribution in [2.45, 2.75) is 44.2 Å². The molecule has 0 aromatic carbocycles. The Balaban J connectivity index is 1.30. The summed E-state index contributed by atoms with van der Waals surface area (Å²) in [5.41, 5.74) is 1.02. The molecular formula is C19H27N3O2. The van der Waals surface area contributed by atoms with E-state index < -0.39 is 0 Å². The summed E-state index contributed by atoms with van der Waals surface area (Å²) in [4.78, 5) is 19.5. The van der Waals surface area contributed by atoms with Crippen molar-refractivity contribution in [1.82, 2.24) is 15.2 Å². The van der Waals surface area contributed by atoms with Crippen molar-refractivity contribution in [2.75, 3.05) is 26.2 Å². The molecule has 130 valence electrons. The Morgan fingerprint density at radius 1 is 1.33 bits per heavy atom. The van der Waals surface area contributed by atoms with E-state index in [0.717, 1.165) is 50.6 Å². The maximum Gasteiger partial charge on any atom is 0.224 e. The average molecular weight is 329 g/mol. The fraction of sp³-hybridized carbons (Fsp3) is 0.684. The van der Waals surface area contributed by atoms with Crippen LogP contribution in [0.3, 0.4) is 0 Å². The van der Waals surface area contributed by atoms with Gasteiger partial charge in [-0.05, 0) is 43.7 Å². The number of hydrogen-bond acceptors (Lipinski definition) is 4. The van der Waals surface area contributed by atoms with Gasteiger partial charge in [-0.15, -0.1) is 0 Å². The second-order valence-electron chi connectivity index (χ2n) is 7.46. The molecule has 3 aliphatic rings. The molecule has 1 aromatic heterocycles. The van der Waals surface area contributed by atoms with E-state index in [2.05, 4.69) is 15.2 Å². The summed E-state index contributed by atoms with van der Waals surface area (Å²) in [5, 5.41) is 3.11. The number of fused-ring (bicyclic) bond motifs is 1. The molecule has 3 fully saturated rings. The highest BCUT2D eigenvalue weighted by atomic mass is 16.5. The number of nitrogens with zero attached hydrogens (tertiary/aromatic N) is 2. The summed E-state index contributed by atoms with van der Waals surface area (Å²) >= 11 is 0. The van der Waals surface area contributed by atoms with Crippen LogP contribution in [0.15, 0.2) is 24.4 Å². The molecule has 1 aromatic rings. The van der Waals surface area contributed by atoms with E-state index in [1.54, 1.807) is 6.20 Å². The first-order valence-electron chi connectivity index (χ1n) is 9.33. The molecule has 0 radical (unpaired) electrons. The smallest absolute Gasteiger partial charge is 0.224 e. The molecule has 5 nitrogen and oxygen atoms in total. The van der Waals surface area contributed by atoms with Crippen molar-refractivity contribution in [3.05, 3.63) is 30.1 Å². The lowest BCUT2D eigenvalue weighted by Crippen LogP contribution is -2.53. The molecule has 4 rings (SSSR count). The number of aromatic nitrogens is 1. The SMILES string of the molecule is O=C(NCCc1ccccn1)[C@H]1C[C@@H]2OCC[C@@H]2N(CC2CC2)C1. The fourth-order valence-electron chi connectivity index (χ4n) is 4.09. The van der Waals surface area contributed by atoms with Crippen molar-refractivity contribution < 1.29 is 9.53 Å². The Morgan fingerprint density at radius 3 is 3.04 bits per heavy atom. The topological polar surface area (TPSA) is 54.5 Å². The molecule has 3 heterocycles. The number of rotatable bonds is 6. The summed E-state index contributed by atoms with van der Waals surface area (Å²) in [6.07, 6.45) is 7.56. The summed E-state index contributed by atoms with van der Waals surface area (Å²) in [6.45, 7) is 3.56. The molecule has 1 amide bonds. The Labute approximate surface area is 143 Å². The molecule has 1 saturated carbocycles. The normalized spacial score (nSPS) is 30.1. The lowest BCUT2D eigenvalue weighted by atomic mass is 9.89. The van der Waals surface area contributed by atoms with Gasteiger partial charge in [-0.3, -0.25) is 14.7 Å². The van der Waals surface area contributed by atoms with Crippen LogP contribution in [0.1, 0.15) is 31.4 Å². The van der Waals surface area contributed by atoms with Crippen molar-refractivity contribution in [1.29, 1.82) is 0 Å². The van der Waals surface area contributed by atoms with Crippen LogP contribution in [0.4, 0.5) is 0 Å². The molecular weight excluding hydrogens is 302 g/mol. The summed E-state index contributed by atoms with van der Waals surface area (Å²) < 4.78 is 5.91. The number of carbonyl (C=O) groups excluding carboxylic acids is 1. The van der Waals surface area contributed by atoms with Crippen LogP contribution < -0.4 is 5.32 Å². The quantitative estimate of drug-likeness (QED) is 0.862. The molecule has 2 saturated heterocycles. The van der Waals surface area contributed by atoms with Gasteiger partial charge in [-0.2, -0.15) is 0 Å². The van der Waals surface area contributed by atoms with Crippen LogP contribution in [0.25, 0.3) is 0 Å². The average Bonchev–Trinajstić information content (AvgIpc) is 3.29. The van der Waals surface area contributed by atoms with Crippen molar-refractivity contribution in [2.24, 2.45) is 11.8 Å². The molecule has 24 heavy (non-hydrogen) atoms. The number of nitrogens with one attached hydrogen (secondary N) is 1. The zero-order valence-corrected chi connectivity index (χ0v) is 14.2. The van der Waals surface area contributed by atoms with Gasteiger partial charge in [-0.25, -0.2) is 0 Å². The van der Waals surface area contributed by atoms with Gasteiger partial charge in [0.1, 0.15) is 0 Å². The number of piperidine rings is 1. The van der Waals surface area contributed by atoms with Crippen LogP contribution >= 0.6 is 0 Å². The van der Waals surface area contributed by atoms with Crippen LogP contribution in [-0.4, -0.2) is 54.2 Å². The first-order chi connectivity index (χ1) is 11.8. The van der Waals surface area contributed by atoms with E-state index in [0.29, 0.717) is 12.6 Å². The van der Waals surface area contributed by atoms with Gasteiger partial charge >= 0.3 is 0 Å². The second kappa shape index (κ2) is 7.19. The number of likely N-dealkylation sites (tertiary alicyclic amines) is 1. The van der Waals surface area contributed by atoms with Crippen molar-refractivity contribution in [3.63, 3.8) is 0 Å². The second-order valence-corrected chi connectivity index (χ2v) is 7.46. The molecule has 0 spiro atoms. The van der Waals surface area contributed by atoms with Gasteiger partial charge in [-0.1, -0.05) is 6.07 Å². The maximum absolute atomic E-state index is 12.6. The Morgan fingerprint density at radius 2 is 2.25 bits per heavy atom. The lowest BCUT2D eigenvalue weighted by molar-refractivity contribution is -0.129. The first-order valence-corrected chi connectivity index (χ1v) is 9.33. The molecule has 3 atom stereocenters. The van der Waals surface area contributed by atoms with Gasteiger partial charge < -0.3 is 10.1 Å². The molecule has 1 N–H and O–H groups in total. The first kappa shape index (κ1) is 16.0. The monoisotopic (exact) mass is 329 g/mol. The zero-order chi connectivity index (χ0) is 16.4. The third kappa shape index (κ3) is 3.78. The third-order valence-electron chi connectivity index (χ3n) is 5.58. The number of carbonyl (C=O) groups is 1. The minimum atomic E-state index is 0.0619. The van der Waals surface area contributed by atoms with E-state index in [9.17, 15) is 4.79 Å². The van der Waals surface area contributed by atoms with E-state index >= 15 is 0 Å². The number of pyridine rings is 1. The molecule has 1 aliphatic carbocycles. The molecule has 5 heteroatoms. The minimum Gasteiger partial charge on any atom is -0.377 e. The lowest BCUT2D eigenvalue weighted by Gasteiger charge is -2.40. The van der Waals surface area contributed by atoms with Crippen molar-refractivity contribution in [3.8, 4) is 0 Å². The van der Waals surface area contributed by atoms with E-state index in [4.69, 9.17) is 4.74 Å². The van der Waals surface area contributed by atoms with Gasteiger partial charge in [0, 0.05) is 50.6 Å². The number of hydrogen-bond donors (Lipinski definition) is 1. The van der Waals surface area contributed by atoms with E-state index in [-0.39, 0.29) is 17.9 Å². The maximum atomic E-state index is 12.6. The number of ether oxygens (including phenoxy) is 1. The van der Waals surface area contributed by atoms with E-state index in [1.807, 2.05) is 18.2 Å². The molecule has 0 bridgehead atoms. The Hall–Kier alpha value is -1.46. The molecule has 2 aliphatic heterocycles. The van der Waals surface area contributed by atoms with Crippen molar-refractivity contribution >= 4 is 5.91 Å². The van der Waals surface area contributed by atoms with Gasteiger partial charge in [0.2, 0.25) is 5.91 Å². The van der Waals surface area contributed by atoms with Gasteiger partial charge in [0.25, 0.3) is 0 Å². The highest BCUT2D eigenvalue weighted by Crippen LogP contribution is 2.36. The summed E-state index contributed by atoms with van der Waals surface area (Å²) in [6, 6.07) is 6.44. The standard InChI is InChI=1S/C19H27N3O2/c23-19(21-9-6-16-3-1-2-8-20-16)15-11-18-17(7-10-24-18)22(13-15)12-14-4-5-14/h1-3,8,14-15,17-18H,4-7,9-13H2,(H,21,23)/t15-,17-,18-/m0/s1. The highest BCUT2D eigenvalue weighted by Gasteiger charge is 2.43. The Bertz CT molecular complexity index is 561. The zero-order valence-electron chi connectivity index (χ0n) is 14.2. The van der Waals surface area contributed by atoms with Crippen LogP contribution in [-0.2, 0) is 16.0 Å². The minimum absolute atomic E-state index is 0.0619. The van der Waals surface area contributed by atoms with Crippen LogP contribution in [0, 0.1) is 11.8 Å². The Kier molecular flexibility index (Phi) is 4.81.